The quantitative estimate of drug-likeness (QED) is 0.0412. The number of aliphatic hydroxyl groups is 1. The van der Waals surface area contributed by atoms with Gasteiger partial charge < -0.3 is 14.6 Å². The van der Waals surface area contributed by atoms with E-state index in [4.69, 9.17) is 21.1 Å². The van der Waals surface area contributed by atoms with Crippen LogP contribution in [0.1, 0.15) is 48.9 Å². The number of hydrogen-bond donors (Lipinski definition) is 1. The zero-order valence-electron chi connectivity index (χ0n) is 24.0. The summed E-state index contributed by atoms with van der Waals surface area (Å²) in [7, 11) is 1.50. The van der Waals surface area contributed by atoms with Crippen molar-refractivity contribution >= 4 is 57.3 Å². The van der Waals surface area contributed by atoms with Crippen LogP contribution in [0.3, 0.4) is 0 Å². The monoisotopic (exact) mass is 653 g/mol. The van der Waals surface area contributed by atoms with Crippen LogP contribution < -0.4 is 14.4 Å². The molecule has 8 nitrogen and oxygen atoms in total. The summed E-state index contributed by atoms with van der Waals surface area (Å²) >= 11 is 8.57. The van der Waals surface area contributed by atoms with Crippen LogP contribution in [-0.2, 0) is 15.3 Å². The van der Waals surface area contributed by atoms with Crippen LogP contribution in [0, 0.1) is 5.82 Å². The van der Waals surface area contributed by atoms with Crippen molar-refractivity contribution < 1.29 is 28.6 Å². The van der Waals surface area contributed by atoms with Gasteiger partial charge in [-0.15, -0.1) is 10.2 Å². The Kier molecular flexibility index (Phi) is 10.2. The average Bonchev–Trinajstić information content (AvgIpc) is 3.60. The maximum absolute atomic E-state index is 13.7. The molecule has 4 aromatic rings. The second-order valence-corrected chi connectivity index (χ2v) is 12.5. The summed E-state index contributed by atoms with van der Waals surface area (Å²) in [5.74, 6) is -1.20. The molecule has 44 heavy (non-hydrogen) atoms. The van der Waals surface area contributed by atoms with Gasteiger partial charge >= 0.3 is 5.91 Å². The number of nitrogens with zero attached hydrogens (tertiary/aromatic N) is 3. The molecule has 2 heterocycles. The van der Waals surface area contributed by atoms with Gasteiger partial charge in [0.25, 0.3) is 5.78 Å². The van der Waals surface area contributed by atoms with Gasteiger partial charge in [-0.3, -0.25) is 14.5 Å². The Hall–Kier alpha value is -3.93. The van der Waals surface area contributed by atoms with Gasteiger partial charge in [0.1, 0.15) is 11.6 Å². The van der Waals surface area contributed by atoms with E-state index in [2.05, 4.69) is 17.1 Å². The number of Topliss-reactive ketones (excluding diaryl/α,β-unsaturated/α-hetero) is 1. The second kappa shape index (κ2) is 14.2. The fraction of sp³-hybridized carbons (Fsp3) is 0.250. The molecule has 228 valence electrons. The topological polar surface area (TPSA) is 102 Å². The zero-order valence-corrected chi connectivity index (χ0v) is 26.3. The smallest absolute Gasteiger partial charge is 0.301 e. The highest BCUT2D eigenvalue weighted by Gasteiger charge is 2.48. The number of anilines is 1. The van der Waals surface area contributed by atoms with Gasteiger partial charge in [0, 0.05) is 16.3 Å². The number of hydrogen-bond acceptors (Lipinski definition) is 9. The largest absolute Gasteiger partial charge is 0.507 e. The van der Waals surface area contributed by atoms with E-state index in [-0.39, 0.29) is 16.3 Å². The molecule has 0 spiro atoms. The lowest BCUT2D eigenvalue weighted by Gasteiger charge is -2.23. The minimum atomic E-state index is -1.06. The Labute approximate surface area is 267 Å². The molecule has 0 aliphatic carbocycles. The molecular weight excluding hydrogens is 625 g/mol. The van der Waals surface area contributed by atoms with Crippen molar-refractivity contribution in [2.45, 2.75) is 42.3 Å². The van der Waals surface area contributed by atoms with Gasteiger partial charge in [-0.1, -0.05) is 72.7 Å². The summed E-state index contributed by atoms with van der Waals surface area (Å²) in [6, 6.07) is 16.5. The summed E-state index contributed by atoms with van der Waals surface area (Å²) < 4.78 is 25.8. The first-order valence-electron chi connectivity index (χ1n) is 13.9. The average molecular weight is 654 g/mol. The Morgan fingerprint density at radius 1 is 1.05 bits per heavy atom. The molecule has 1 unspecified atom stereocenters. The minimum Gasteiger partial charge on any atom is -0.507 e. The van der Waals surface area contributed by atoms with E-state index in [9.17, 15) is 19.1 Å². The van der Waals surface area contributed by atoms with E-state index in [0.717, 1.165) is 36.2 Å². The van der Waals surface area contributed by atoms with Crippen LogP contribution in [0.15, 0.2) is 76.6 Å². The Bertz CT molecular complexity index is 1680. The van der Waals surface area contributed by atoms with Crippen molar-refractivity contribution in [2.75, 3.05) is 18.6 Å². The van der Waals surface area contributed by atoms with E-state index in [1.165, 1.54) is 48.0 Å². The fourth-order valence-corrected chi connectivity index (χ4v) is 6.65. The first-order valence-corrected chi connectivity index (χ1v) is 16.1. The van der Waals surface area contributed by atoms with Crippen LogP contribution in [0.4, 0.5) is 9.52 Å². The van der Waals surface area contributed by atoms with Crippen molar-refractivity contribution in [3.8, 4) is 11.5 Å². The number of ketones is 1. The third kappa shape index (κ3) is 6.90. The first kappa shape index (κ1) is 31.5. The molecule has 12 heteroatoms. The summed E-state index contributed by atoms with van der Waals surface area (Å²) in [6.07, 6.45) is 2.97. The maximum atomic E-state index is 13.7. The van der Waals surface area contributed by atoms with Crippen LogP contribution in [0.2, 0.25) is 5.02 Å². The lowest BCUT2D eigenvalue weighted by molar-refractivity contribution is -0.132. The molecule has 1 fully saturated rings. The van der Waals surface area contributed by atoms with Gasteiger partial charge in [0.15, 0.2) is 15.8 Å². The number of methoxy groups -OCH3 is 1. The summed E-state index contributed by atoms with van der Waals surface area (Å²) in [5.41, 5.74) is 1.54. The van der Waals surface area contributed by atoms with Gasteiger partial charge in [-0.25, -0.2) is 4.39 Å². The van der Waals surface area contributed by atoms with Crippen molar-refractivity contribution in [3.05, 3.63) is 99.8 Å². The highest BCUT2D eigenvalue weighted by molar-refractivity contribution is 8.00. The van der Waals surface area contributed by atoms with Gasteiger partial charge in [-0.2, -0.15) is 0 Å². The summed E-state index contributed by atoms with van der Waals surface area (Å²) in [6.45, 7) is 2.62. The number of carbonyl (C=O) groups is 2. The molecule has 1 amide bonds. The maximum Gasteiger partial charge on any atom is 0.301 e. The van der Waals surface area contributed by atoms with Crippen LogP contribution in [0.25, 0.3) is 5.76 Å². The van der Waals surface area contributed by atoms with Gasteiger partial charge in [-0.05, 0) is 66.1 Å². The number of aliphatic hydroxyl groups excluding tert-OH is 1. The molecule has 1 aromatic heterocycles. The normalized spacial score (nSPS) is 16.0. The van der Waals surface area contributed by atoms with Crippen molar-refractivity contribution in [2.24, 2.45) is 0 Å². The van der Waals surface area contributed by atoms with E-state index >= 15 is 0 Å². The highest BCUT2D eigenvalue weighted by Crippen LogP contribution is 2.45. The number of aromatic nitrogens is 2. The number of rotatable bonds is 12. The predicted octanol–water partition coefficient (Wildman–Crippen LogP) is 7.83. The molecule has 0 bridgehead atoms. The molecular formula is C32H29ClFN3O5S2. The summed E-state index contributed by atoms with van der Waals surface area (Å²) in [4.78, 5) is 28.3. The Balaban J connectivity index is 1.53. The number of ether oxygens (including phenoxy) is 2. The van der Waals surface area contributed by atoms with E-state index in [1.807, 2.05) is 12.1 Å². The number of halogens is 2. The van der Waals surface area contributed by atoms with E-state index in [1.54, 1.807) is 30.3 Å². The molecule has 1 aliphatic heterocycles. The molecule has 1 atom stereocenters. The molecule has 0 saturated carbocycles. The second-order valence-electron chi connectivity index (χ2n) is 9.91. The van der Waals surface area contributed by atoms with Crippen LogP contribution in [0.5, 0.6) is 11.5 Å². The molecule has 3 aromatic carbocycles. The van der Waals surface area contributed by atoms with Crippen LogP contribution >= 0.6 is 34.7 Å². The SMILES string of the molecule is CCCCCOc1ccc(C2/C(=C(/O)c3ccc(F)cc3)C(=O)C(=O)N2c2nnc(SCc3ccc(Cl)cc3)s2)cc1OC. The highest BCUT2D eigenvalue weighted by atomic mass is 35.5. The van der Waals surface area contributed by atoms with E-state index in [0.29, 0.717) is 38.8 Å². The third-order valence-corrected chi connectivity index (χ3v) is 9.33. The molecule has 5 rings (SSSR count). The molecule has 1 saturated heterocycles. The molecule has 0 radical (unpaired) electrons. The van der Waals surface area contributed by atoms with Crippen molar-refractivity contribution in [3.63, 3.8) is 0 Å². The minimum absolute atomic E-state index is 0.161. The van der Waals surface area contributed by atoms with Crippen LogP contribution in [-0.4, -0.2) is 40.7 Å². The first-order chi connectivity index (χ1) is 21.3. The summed E-state index contributed by atoms with van der Waals surface area (Å²) in [5, 5.41) is 20.7. The number of unbranched alkanes of at least 4 members (excludes halogenated alkanes) is 2. The lowest BCUT2D eigenvalue weighted by Crippen LogP contribution is -2.29. The van der Waals surface area contributed by atoms with E-state index < -0.39 is 29.3 Å². The van der Waals surface area contributed by atoms with Gasteiger partial charge in [0.2, 0.25) is 5.13 Å². The fourth-order valence-electron chi connectivity index (χ4n) is 4.70. The number of carbonyl (C=O) groups excluding carboxylic acids is 2. The predicted molar refractivity (Wildman–Crippen MR) is 170 cm³/mol. The van der Waals surface area contributed by atoms with Crippen molar-refractivity contribution in [1.82, 2.24) is 10.2 Å². The zero-order chi connectivity index (χ0) is 31.2. The Morgan fingerprint density at radius 3 is 2.50 bits per heavy atom. The number of benzene rings is 3. The van der Waals surface area contributed by atoms with Crippen molar-refractivity contribution in [1.29, 1.82) is 0 Å². The Morgan fingerprint density at radius 2 is 1.80 bits per heavy atom. The lowest BCUT2D eigenvalue weighted by atomic mass is 9.95. The standard InChI is InChI=1S/C32H29ClFN3O5S2/c1-3-4-5-16-42-24-15-10-21(17-25(24)41-2)27-26(28(38)20-8-13-23(34)14-9-20)29(39)30(40)37(27)31-35-36-32(44-31)43-18-19-6-11-22(33)12-7-19/h6-15,17,27,38H,3-5,16,18H2,1-2H3/b28-26-. The third-order valence-electron chi connectivity index (χ3n) is 6.95. The molecule has 1 N–H and O–H groups in total. The number of amides is 1. The van der Waals surface area contributed by atoms with Gasteiger partial charge in [0.05, 0.1) is 25.3 Å². The number of thioether (sulfide) groups is 1. The molecule has 1 aliphatic rings.